The van der Waals surface area contributed by atoms with Crippen LogP contribution in [0, 0.1) is 5.92 Å². The average Bonchev–Trinajstić information content (AvgIpc) is 2.60. The van der Waals surface area contributed by atoms with Gasteiger partial charge in [0, 0.05) is 19.1 Å². The van der Waals surface area contributed by atoms with E-state index in [0.29, 0.717) is 6.54 Å². The number of hydrogen-bond acceptors (Lipinski definition) is 4. The van der Waals surface area contributed by atoms with Crippen LogP contribution in [0.25, 0.3) is 0 Å². The minimum atomic E-state index is -3.24. The Morgan fingerprint density at radius 2 is 1.93 bits per heavy atom. The summed E-state index contributed by atoms with van der Waals surface area (Å²) in [5.74, 6) is 0.558. The molecule has 1 heterocycles. The fourth-order valence-corrected chi connectivity index (χ4v) is 4.19. The van der Waals surface area contributed by atoms with Gasteiger partial charge in [-0.2, -0.15) is 0 Å². The maximum absolute atomic E-state index is 12.5. The van der Waals surface area contributed by atoms with Crippen molar-refractivity contribution in [3.8, 4) is 5.75 Å². The molecule has 1 N–H and O–H groups in total. The Labute approximate surface area is 163 Å². The van der Waals surface area contributed by atoms with Crippen molar-refractivity contribution >= 4 is 15.9 Å². The fourth-order valence-electron chi connectivity index (χ4n) is 3.28. The quantitative estimate of drug-likeness (QED) is 0.733. The van der Waals surface area contributed by atoms with Crippen LogP contribution in [0.4, 0.5) is 0 Å². The second-order valence-corrected chi connectivity index (χ2v) is 9.70. The molecular formula is C20H32N2O4S. The number of benzene rings is 1. The second-order valence-electron chi connectivity index (χ2n) is 7.72. The first-order chi connectivity index (χ1) is 12.6. The molecule has 1 aromatic rings. The van der Waals surface area contributed by atoms with E-state index >= 15 is 0 Å². The summed E-state index contributed by atoms with van der Waals surface area (Å²) in [6, 6.07) is 8.09. The number of nitrogens with one attached hydrogen (secondary N) is 1. The van der Waals surface area contributed by atoms with Crippen molar-refractivity contribution in [2.75, 3.05) is 19.3 Å². The van der Waals surface area contributed by atoms with Gasteiger partial charge in [0.15, 0.2) is 0 Å². The molecule has 2 atom stereocenters. The van der Waals surface area contributed by atoms with E-state index in [1.807, 2.05) is 32.9 Å². The van der Waals surface area contributed by atoms with Gasteiger partial charge in [0.1, 0.15) is 5.75 Å². The minimum Gasteiger partial charge on any atom is -0.491 e. The fraction of sp³-hybridized carbons (Fsp3) is 0.650. The lowest BCUT2D eigenvalue weighted by Crippen LogP contribution is -2.46. The third kappa shape index (κ3) is 7.14. The first-order valence-corrected chi connectivity index (χ1v) is 11.5. The van der Waals surface area contributed by atoms with Crippen molar-refractivity contribution in [1.29, 1.82) is 0 Å². The van der Waals surface area contributed by atoms with Crippen LogP contribution in [0.1, 0.15) is 45.6 Å². The third-order valence-corrected chi connectivity index (χ3v) is 6.04. The predicted octanol–water partition coefficient (Wildman–Crippen LogP) is 2.58. The molecule has 1 aliphatic rings. The molecule has 0 bridgehead atoms. The van der Waals surface area contributed by atoms with E-state index in [-0.39, 0.29) is 30.5 Å². The van der Waals surface area contributed by atoms with Crippen LogP contribution < -0.4 is 10.1 Å². The van der Waals surface area contributed by atoms with Crippen LogP contribution in [0.2, 0.25) is 0 Å². The Hall–Kier alpha value is -1.60. The number of ether oxygens (including phenoxy) is 1. The van der Waals surface area contributed by atoms with Crippen molar-refractivity contribution < 1.29 is 17.9 Å². The highest BCUT2D eigenvalue weighted by atomic mass is 32.2. The van der Waals surface area contributed by atoms with Gasteiger partial charge in [0.25, 0.3) is 0 Å². The van der Waals surface area contributed by atoms with Crippen LogP contribution in [0.3, 0.4) is 0 Å². The van der Waals surface area contributed by atoms with Gasteiger partial charge in [-0.1, -0.05) is 12.1 Å². The summed E-state index contributed by atoms with van der Waals surface area (Å²) in [6.07, 6.45) is 4.52. The molecule has 0 spiro atoms. The third-order valence-electron chi connectivity index (χ3n) is 4.77. The predicted molar refractivity (Wildman–Crippen MR) is 107 cm³/mol. The smallest absolute Gasteiger partial charge is 0.224 e. The van der Waals surface area contributed by atoms with E-state index in [1.54, 1.807) is 0 Å². The summed E-state index contributed by atoms with van der Waals surface area (Å²) in [6.45, 7) is 6.79. The number of amides is 1. The zero-order valence-electron chi connectivity index (χ0n) is 16.8. The zero-order valence-corrected chi connectivity index (χ0v) is 17.6. The molecule has 1 aliphatic heterocycles. The van der Waals surface area contributed by atoms with Crippen LogP contribution in [-0.4, -0.2) is 50.1 Å². The Bertz CT molecular complexity index is 716. The number of rotatable bonds is 8. The van der Waals surface area contributed by atoms with E-state index in [4.69, 9.17) is 4.74 Å². The number of nitrogens with zero attached hydrogens (tertiary/aromatic N) is 1. The maximum Gasteiger partial charge on any atom is 0.224 e. The Kier molecular flexibility index (Phi) is 7.68. The van der Waals surface area contributed by atoms with E-state index in [1.165, 1.54) is 16.1 Å². The number of carbonyl (C=O) groups is 1. The highest BCUT2D eigenvalue weighted by Gasteiger charge is 2.30. The largest absolute Gasteiger partial charge is 0.491 e. The molecule has 1 aromatic carbocycles. The lowest BCUT2D eigenvalue weighted by Gasteiger charge is -2.30. The number of piperidine rings is 1. The van der Waals surface area contributed by atoms with Gasteiger partial charge in [-0.05, 0) is 64.2 Å². The monoisotopic (exact) mass is 396 g/mol. The summed E-state index contributed by atoms with van der Waals surface area (Å²) >= 11 is 0. The molecule has 27 heavy (non-hydrogen) atoms. The van der Waals surface area contributed by atoms with Crippen molar-refractivity contribution in [3.63, 3.8) is 0 Å². The molecule has 2 rings (SSSR count). The number of aryl methyl sites for hydroxylation is 1. The maximum atomic E-state index is 12.5. The average molecular weight is 397 g/mol. The van der Waals surface area contributed by atoms with Gasteiger partial charge in [-0.25, -0.2) is 12.7 Å². The number of hydrogen-bond donors (Lipinski definition) is 1. The van der Waals surface area contributed by atoms with Gasteiger partial charge >= 0.3 is 0 Å². The number of carbonyl (C=O) groups excluding carboxylic acids is 1. The highest BCUT2D eigenvalue weighted by molar-refractivity contribution is 7.88. The Morgan fingerprint density at radius 1 is 1.26 bits per heavy atom. The van der Waals surface area contributed by atoms with Gasteiger partial charge in [0.2, 0.25) is 15.9 Å². The van der Waals surface area contributed by atoms with Gasteiger partial charge in [-0.15, -0.1) is 0 Å². The van der Waals surface area contributed by atoms with E-state index < -0.39 is 10.0 Å². The van der Waals surface area contributed by atoms with E-state index in [9.17, 15) is 13.2 Å². The molecule has 6 nitrogen and oxygen atoms in total. The van der Waals surface area contributed by atoms with Crippen molar-refractivity contribution in [2.45, 2.75) is 58.6 Å². The first-order valence-electron chi connectivity index (χ1n) is 9.66. The molecule has 7 heteroatoms. The molecular weight excluding hydrogens is 364 g/mol. The van der Waals surface area contributed by atoms with Gasteiger partial charge < -0.3 is 10.1 Å². The summed E-state index contributed by atoms with van der Waals surface area (Å²) in [5, 5.41) is 3.04. The topological polar surface area (TPSA) is 75.7 Å². The SMILES string of the molecule is CC(CCc1ccc(OC(C)C)cc1)NC(=O)C1CCCN(S(C)(=O)=O)C1. The summed E-state index contributed by atoms with van der Waals surface area (Å²) in [5.41, 5.74) is 1.20. The molecule has 0 radical (unpaired) electrons. The van der Waals surface area contributed by atoms with Crippen LogP contribution in [-0.2, 0) is 21.2 Å². The summed E-state index contributed by atoms with van der Waals surface area (Å²) in [4.78, 5) is 12.5. The Balaban J connectivity index is 1.79. The molecule has 0 aromatic heterocycles. The molecule has 1 saturated heterocycles. The minimum absolute atomic E-state index is 0.0395. The lowest BCUT2D eigenvalue weighted by atomic mass is 9.98. The second kappa shape index (κ2) is 9.55. The molecule has 2 unspecified atom stereocenters. The number of sulfonamides is 1. The van der Waals surface area contributed by atoms with Gasteiger partial charge in [-0.3, -0.25) is 4.79 Å². The highest BCUT2D eigenvalue weighted by Crippen LogP contribution is 2.19. The van der Waals surface area contributed by atoms with Crippen LogP contribution in [0.5, 0.6) is 5.75 Å². The molecule has 152 valence electrons. The normalized spacial score (nSPS) is 19.7. The van der Waals surface area contributed by atoms with Crippen molar-refractivity contribution in [3.05, 3.63) is 29.8 Å². The molecule has 0 aliphatic carbocycles. The summed E-state index contributed by atoms with van der Waals surface area (Å²) in [7, 11) is -3.24. The standard InChI is InChI=1S/C20H32N2O4S/c1-15(2)26-19-11-9-17(10-12-19)8-7-16(3)21-20(23)18-6-5-13-22(14-18)27(4,24)25/h9-12,15-16,18H,5-8,13-14H2,1-4H3,(H,21,23). The van der Waals surface area contributed by atoms with Crippen LogP contribution in [0.15, 0.2) is 24.3 Å². The zero-order chi connectivity index (χ0) is 20.0. The Morgan fingerprint density at radius 3 is 2.52 bits per heavy atom. The molecule has 0 saturated carbocycles. The van der Waals surface area contributed by atoms with E-state index in [2.05, 4.69) is 17.4 Å². The summed E-state index contributed by atoms with van der Waals surface area (Å²) < 4.78 is 30.5. The first kappa shape index (κ1) is 21.7. The van der Waals surface area contributed by atoms with E-state index in [0.717, 1.165) is 31.4 Å². The van der Waals surface area contributed by atoms with Crippen molar-refractivity contribution in [2.24, 2.45) is 5.92 Å². The lowest BCUT2D eigenvalue weighted by molar-refractivity contribution is -0.126. The van der Waals surface area contributed by atoms with Gasteiger partial charge in [0.05, 0.1) is 18.3 Å². The molecule has 1 fully saturated rings. The molecule has 1 amide bonds. The van der Waals surface area contributed by atoms with Crippen molar-refractivity contribution in [1.82, 2.24) is 9.62 Å². The van der Waals surface area contributed by atoms with Crippen LogP contribution >= 0.6 is 0 Å².